The molecule has 1 amide bonds. The average molecular weight is 263 g/mol. The van der Waals surface area contributed by atoms with Crippen molar-refractivity contribution in [2.24, 2.45) is 4.99 Å². The first-order valence-corrected chi connectivity index (χ1v) is 6.32. The number of aliphatic imine (C=N–C) groups is 1. The zero-order valence-electron chi connectivity index (χ0n) is 11.0. The highest BCUT2D eigenvalue weighted by Gasteiger charge is 2.28. The highest BCUT2D eigenvalue weighted by atomic mass is 16.2. The summed E-state index contributed by atoms with van der Waals surface area (Å²) >= 11 is 0. The largest absolute Gasteiger partial charge is 0.282 e. The van der Waals surface area contributed by atoms with Crippen LogP contribution in [0.1, 0.15) is 12.5 Å². The number of carbonyl (C=O) groups is 1. The Morgan fingerprint density at radius 2 is 1.75 bits per heavy atom. The number of benzene rings is 1. The molecule has 0 saturated carbocycles. The molecule has 0 atom stereocenters. The maximum absolute atomic E-state index is 12.4. The number of carbonyl (C=O) groups excluding carboxylic acids is 1. The van der Waals surface area contributed by atoms with Crippen LogP contribution in [0, 0.1) is 0 Å². The maximum atomic E-state index is 12.4. The summed E-state index contributed by atoms with van der Waals surface area (Å²) in [5.41, 5.74) is 2.18. The molecule has 0 saturated heterocycles. The van der Waals surface area contributed by atoms with Crippen LogP contribution in [0.15, 0.2) is 65.5 Å². The van der Waals surface area contributed by atoms with Gasteiger partial charge in [0.1, 0.15) is 11.5 Å². The summed E-state index contributed by atoms with van der Waals surface area (Å²) in [4.78, 5) is 22.4. The first-order valence-electron chi connectivity index (χ1n) is 6.32. The molecule has 3 rings (SSSR count). The van der Waals surface area contributed by atoms with Crippen LogP contribution < -0.4 is 4.90 Å². The van der Waals surface area contributed by atoms with E-state index in [4.69, 9.17) is 0 Å². The van der Waals surface area contributed by atoms with E-state index in [9.17, 15) is 4.79 Å². The number of rotatable bonds is 2. The highest BCUT2D eigenvalue weighted by molar-refractivity contribution is 6.28. The third-order valence-corrected chi connectivity index (χ3v) is 3.05. The van der Waals surface area contributed by atoms with Crippen LogP contribution in [-0.2, 0) is 4.79 Å². The molecule has 0 fully saturated rings. The normalized spacial score (nSPS) is 16.6. The first-order chi connectivity index (χ1) is 9.75. The Morgan fingerprint density at radius 3 is 2.45 bits per heavy atom. The van der Waals surface area contributed by atoms with Crippen LogP contribution in [0.25, 0.3) is 6.08 Å². The smallest absolute Gasteiger partial charge is 0.266 e. The lowest BCUT2D eigenvalue weighted by atomic mass is 10.2. The van der Waals surface area contributed by atoms with E-state index in [1.165, 1.54) is 0 Å². The molecule has 98 valence electrons. The van der Waals surface area contributed by atoms with Crippen molar-refractivity contribution >= 4 is 23.5 Å². The lowest BCUT2D eigenvalue weighted by Gasteiger charge is -2.15. The molecule has 0 aliphatic carbocycles. The lowest BCUT2D eigenvalue weighted by molar-refractivity contribution is -0.113. The van der Waals surface area contributed by atoms with E-state index in [0.29, 0.717) is 11.5 Å². The topological polar surface area (TPSA) is 45.6 Å². The molecule has 4 heteroatoms. The fourth-order valence-electron chi connectivity index (χ4n) is 2.13. The van der Waals surface area contributed by atoms with Crippen LogP contribution >= 0.6 is 0 Å². The fourth-order valence-corrected chi connectivity index (χ4v) is 2.13. The zero-order valence-corrected chi connectivity index (χ0v) is 11.0. The van der Waals surface area contributed by atoms with Gasteiger partial charge in [-0.05, 0) is 42.8 Å². The second-order valence-corrected chi connectivity index (χ2v) is 4.45. The first kappa shape index (κ1) is 12.3. The molecule has 1 aromatic carbocycles. The molecular formula is C16H13N3O. The summed E-state index contributed by atoms with van der Waals surface area (Å²) < 4.78 is 0. The van der Waals surface area contributed by atoms with Crippen molar-refractivity contribution < 1.29 is 4.79 Å². The van der Waals surface area contributed by atoms with E-state index < -0.39 is 0 Å². The Labute approximate surface area is 117 Å². The van der Waals surface area contributed by atoms with Crippen LogP contribution in [0.5, 0.6) is 0 Å². The van der Waals surface area contributed by atoms with Gasteiger partial charge >= 0.3 is 0 Å². The number of anilines is 1. The van der Waals surface area contributed by atoms with Crippen molar-refractivity contribution in [2.75, 3.05) is 4.90 Å². The number of hydrogen-bond acceptors (Lipinski definition) is 3. The molecule has 0 radical (unpaired) electrons. The summed E-state index contributed by atoms with van der Waals surface area (Å²) in [5, 5.41) is 0. The molecule has 20 heavy (non-hydrogen) atoms. The second-order valence-electron chi connectivity index (χ2n) is 4.45. The van der Waals surface area contributed by atoms with Gasteiger partial charge in [-0.3, -0.25) is 14.7 Å². The van der Waals surface area contributed by atoms with Gasteiger partial charge in [0.25, 0.3) is 5.91 Å². The Balaban J connectivity index is 1.95. The van der Waals surface area contributed by atoms with Crippen molar-refractivity contribution in [3.8, 4) is 0 Å². The molecule has 2 heterocycles. The Kier molecular flexibility index (Phi) is 3.13. The van der Waals surface area contributed by atoms with Crippen molar-refractivity contribution in [2.45, 2.75) is 6.92 Å². The number of para-hydroxylation sites is 1. The summed E-state index contributed by atoms with van der Waals surface area (Å²) in [7, 11) is 0. The van der Waals surface area contributed by atoms with Gasteiger partial charge in [-0.2, -0.15) is 0 Å². The fraction of sp³-hybridized carbons (Fsp3) is 0.0625. The molecule has 1 aliphatic rings. The second kappa shape index (κ2) is 5.09. The average Bonchev–Trinajstić information content (AvgIpc) is 2.75. The molecule has 0 bridgehead atoms. The van der Waals surface area contributed by atoms with Crippen molar-refractivity contribution in [3.05, 3.63) is 66.1 Å². The van der Waals surface area contributed by atoms with E-state index >= 15 is 0 Å². The number of pyridine rings is 1. The molecule has 0 unspecified atom stereocenters. The molecule has 1 aromatic heterocycles. The molecule has 2 aromatic rings. The van der Waals surface area contributed by atoms with Gasteiger partial charge in [-0.15, -0.1) is 0 Å². The van der Waals surface area contributed by atoms with E-state index in [1.54, 1.807) is 23.4 Å². The number of amidine groups is 1. The summed E-state index contributed by atoms with van der Waals surface area (Å²) in [6.45, 7) is 1.83. The van der Waals surface area contributed by atoms with Crippen LogP contribution in [-0.4, -0.2) is 16.7 Å². The Hall–Kier alpha value is -2.75. The molecular weight excluding hydrogens is 250 g/mol. The summed E-state index contributed by atoms with van der Waals surface area (Å²) in [6.07, 6.45) is 5.16. The molecule has 0 spiro atoms. The van der Waals surface area contributed by atoms with Gasteiger partial charge in [0.2, 0.25) is 0 Å². The van der Waals surface area contributed by atoms with Crippen molar-refractivity contribution in [1.82, 2.24) is 4.98 Å². The van der Waals surface area contributed by atoms with Gasteiger partial charge in [-0.25, -0.2) is 4.99 Å². The standard InChI is InChI=1S/C16H13N3O/c1-12-18-15(11-13-7-9-17-10-8-13)16(20)19(12)14-5-3-2-4-6-14/h2-11H,1H3/b15-11-. The highest BCUT2D eigenvalue weighted by Crippen LogP contribution is 2.24. The monoisotopic (exact) mass is 263 g/mol. The molecule has 4 nitrogen and oxygen atoms in total. The maximum Gasteiger partial charge on any atom is 0.282 e. The van der Waals surface area contributed by atoms with E-state index in [2.05, 4.69) is 9.98 Å². The SMILES string of the molecule is CC1=N/C(=C\c2ccncc2)C(=O)N1c1ccccc1. The minimum absolute atomic E-state index is 0.106. The van der Waals surface area contributed by atoms with E-state index in [-0.39, 0.29) is 5.91 Å². The van der Waals surface area contributed by atoms with Crippen molar-refractivity contribution in [3.63, 3.8) is 0 Å². The van der Waals surface area contributed by atoms with Crippen LogP contribution in [0.2, 0.25) is 0 Å². The number of amides is 1. The summed E-state index contributed by atoms with van der Waals surface area (Å²) in [6, 6.07) is 13.2. The van der Waals surface area contributed by atoms with Gasteiger partial charge in [0.15, 0.2) is 0 Å². The minimum atomic E-state index is -0.106. The predicted molar refractivity (Wildman–Crippen MR) is 79.3 cm³/mol. The minimum Gasteiger partial charge on any atom is -0.266 e. The van der Waals surface area contributed by atoms with Gasteiger partial charge in [0, 0.05) is 12.4 Å². The van der Waals surface area contributed by atoms with Crippen LogP contribution in [0.3, 0.4) is 0 Å². The third kappa shape index (κ3) is 2.23. The van der Waals surface area contributed by atoms with Gasteiger partial charge < -0.3 is 0 Å². The van der Waals surface area contributed by atoms with E-state index in [1.807, 2.05) is 49.4 Å². The summed E-state index contributed by atoms with van der Waals surface area (Å²) in [5.74, 6) is 0.576. The zero-order chi connectivity index (χ0) is 13.9. The number of aromatic nitrogens is 1. The van der Waals surface area contributed by atoms with E-state index in [0.717, 1.165) is 11.3 Å². The van der Waals surface area contributed by atoms with Gasteiger partial charge in [-0.1, -0.05) is 18.2 Å². The Morgan fingerprint density at radius 1 is 1.05 bits per heavy atom. The van der Waals surface area contributed by atoms with Crippen LogP contribution in [0.4, 0.5) is 5.69 Å². The van der Waals surface area contributed by atoms with Gasteiger partial charge in [0.05, 0.1) is 5.69 Å². The molecule has 1 aliphatic heterocycles. The van der Waals surface area contributed by atoms with Crippen molar-refractivity contribution in [1.29, 1.82) is 0 Å². The number of nitrogens with zero attached hydrogens (tertiary/aromatic N) is 3. The predicted octanol–water partition coefficient (Wildman–Crippen LogP) is 2.89. The number of hydrogen-bond donors (Lipinski definition) is 0. The lowest BCUT2D eigenvalue weighted by Crippen LogP contribution is -2.29. The Bertz CT molecular complexity index is 690. The molecule has 0 N–H and O–H groups in total. The quantitative estimate of drug-likeness (QED) is 0.782. The third-order valence-electron chi connectivity index (χ3n) is 3.05.